The Labute approximate surface area is 157 Å². The van der Waals surface area contributed by atoms with Gasteiger partial charge in [0, 0.05) is 30.7 Å². The van der Waals surface area contributed by atoms with Gasteiger partial charge >= 0.3 is 0 Å². The fourth-order valence-electron chi connectivity index (χ4n) is 3.74. The molecule has 3 rings (SSSR count). The van der Waals surface area contributed by atoms with Crippen molar-refractivity contribution >= 4 is 11.4 Å². The van der Waals surface area contributed by atoms with Crippen LogP contribution in [0.1, 0.15) is 37.8 Å². The van der Waals surface area contributed by atoms with Gasteiger partial charge in [0.1, 0.15) is 0 Å². The number of aromatic nitrogens is 2. The van der Waals surface area contributed by atoms with Crippen LogP contribution >= 0.6 is 0 Å². The number of rotatable bonds is 4. The molecular formula is C20H22F2N4O. The largest absolute Gasteiger partial charge is 0.387 e. The van der Waals surface area contributed by atoms with E-state index in [0.717, 1.165) is 0 Å². The van der Waals surface area contributed by atoms with Gasteiger partial charge in [0.2, 0.25) is 0 Å². The number of hydrogen-bond donors (Lipinski definition) is 1. The van der Waals surface area contributed by atoms with Crippen LogP contribution in [0, 0.1) is 16.7 Å². The number of alkyl halides is 2. The van der Waals surface area contributed by atoms with Crippen molar-refractivity contribution in [1.82, 2.24) is 9.55 Å². The third-order valence-corrected chi connectivity index (χ3v) is 5.21. The SMILES string of the molecule is CN(c1ccc(C#N)c(C(F)F)c1)[C@@H]1C=C(n2ccnc2)[C@H](O)CC1(C)C. The number of imidazole rings is 1. The second-order valence-electron chi connectivity index (χ2n) is 7.51. The van der Waals surface area contributed by atoms with Crippen molar-refractivity contribution < 1.29 is 13.9 Å². The highest BCUT2D eigenvalue weighted by Gasteiger charge is 2.39. The zero-order chi connectivity index (χ0) is 19.8. The predicted octanol–water partition coefficient (Wildman–Crippen LogP) is 3.83. The molecule has 0 radical (unpaired) electrons. The van der Waals surface area contributed by atoms with Gasteiger partial charge < -0.3 is 14.6 Å². The standard InChI is InChI=1S/C20H22F2N4O/c1-20(2)10-17(27)16(26-7-6-24-12-26)9-18(20)25(3)14-5-4-13(11-23)15(8-14)19(21)22/h4-9,12,17-19,27H,10H2,1-3H3/t17-,18-/m1/s1. The van der Waals surface area contributed by atoms with E-state index >= 15 is 0 Å². The van der Waals surface area contributed by atoms with Crippen LogP contribution in [-0.2, 0) is 0 Å². The predicted molar refractivity (Wildman–Crippen MR) is 99.2 cm³/mol. The maximum Gasteiger partial charge on any atom is 0.265 e. The van der Waals surface area contributed by atoms with E-state index in [4.69, 9.17) is 5.26 Å². The van der Waals surface area contributed by atoms with Gasteiger partial charge in [0.05, 0.1) is 35.8 Å². The number of anilines is 1. The lowest BCUT2D eigenvalue weighted by Gasteiger charge is -2.45. The lowest BCUT2D eigenvalue weighted by molar-refractivity contribution is 0.134. The van der Waals surface area contributed by atoms with Crippen LogP contribution in [0.5, 0.6) is 0 Å². The van der Waals surface area contributed by atoms with Crippen LogP contribution in [0.4, 0.5) is 14.5 Å². The second-order valence-corrected chi connectivity index (χ2v) is 7.51. The van der Waals surface area contributed by atoms with Crippen LogP contribution in [0.2, 0.25) is 0 Å². The molecule has 27 heavy (non-hydrogen) atoms. The van der Waals surface area contributed by atoms with Gasteiger partial charge in [0.15, 0.2) is 0 Å². The van der Waals surface area contributed by atoms with E-state index < -0.39 is 12.5 Å². The first-order valence-electron chi connectivity index (χ1n) is 8.67. The first-order chi connectivity index (χ1) is 12.7. The summed E-state index contributed by atoms with van der Waals surface area (Å²) in [5.74, 6) is 0. The van der Waals surface area contributed by atoms with E-state index in [1.807, 2.05) is 37.9 Å². The fourth-order valence-corrected chi connectivity index (χ4v) is 3.74. The van der Waals surface area contributed by atoms with E-state index in [0.29, 0.717) is 17.8 Å². The molecule has 2 atom stereocenters. The average molecular weight is 372 g/mol. The normalized spacial score (nSPS) is 21.6. The Morgan fingerprint density at radius 1 is 1.41 bits per heavy atom. The summed E-state index contributed by atoms with van der Waals surface area (Å²) >= 11 is 0. The summed E-state index contributed by atoms with van der Waals surface area (Å²) in [4.78, 5) is 5.94. The Kier molecular flexibility index (Phi) is 5.03. The highest BCUT2D eigenvalue weighted by molar-refractivity contribution is 5.59. The molecule has 1 aromatic heterocycles. The van der Waals surface area contributed by atoms with Crippen molar-refractivity contribution in [2.75, 3.05) is 11.9 Å². The van der Waals surface area contributed by atoms with Crippen LogP contribution in [0.15, 0.2) is 43.0 Å². The Morgan fingerprint density at radius 3 is 2.74 bits per heavy atom. The maximum absolute atomic E-state index is 13.3. The van der Waals surface area contributed by atoms with Gasteiger partial charge in [-0.15, -0.1) is 0 Å². The van der Waals surface area contributed by atoms with Crippen molar-refractivity contribution in [2.45, 2.75) is 38.8 Å². The van der Waals surface area contributed by atoms with E-state index in [1.54, 1.807) is 29.4 Å². The smallest absolute Gasteiger partial charge is 0.265 e. The molecule has 1 aliphatic carbocycles. The number of halogens is 2. The third kappa shape index (κ3) is 3.58. The maximum atomic E-state index is 13.3. The molecule has 2 aromatic rings. The minimum atomic E-state index is -2.72. The summed E-state index contributed by atoms with van der Waals surface area (Å²) in [7, 11) is 1.84. The lowest BCUT2D eigenvalue weighted by atomic mass is 9.73. The quantitative estimate of drug-likeness (QED) is 0.886. The molecule has 1 aliphatic rings. The van der Waals surface area contributed by atoms with E-state index in [-0.39, 0.29) is 22.6 Å². The zero-order valence-electron chi connectivity index (χ0n) is 15.5. The van der Waals surface area contributed by atoms with Gasteiger partial charge in [-0.25, -0.2) is 13.8 Å². The number of likely N-dealkylation sites (N-methyl/N-ethyl adjacent to an activating group) is 1. The number of aliphatic hydroxyl groups is 1. The topological polar surface area (TPSA) is 65.1 Å². The Morgan fingerprint density at radius 2 is 2.15 bits per heavy atom. The molecule has 0 unspecified atom stereocenters. The van der Waals surface area contributed by atoms with Crippen LogP contribution < -0.4 is 4.90 Å². The first kappa shape index (κ1) is 19.1. The van der Waals surface area contributed by atoms with Gasteiger partial charge in [-0.2, -0.15) is 5.26 Å². The monoisotopic (exact) mass is 372 g/mol. The molecule has 0 saturated heterocycles. The van der Waals surface area contributed by atoms with E-state index in [2.05, 4.69) is 4.98 Å². The van der Waals surface area contributed by atoms with Crippen molar-refractivity contribution in [2.24, 2.45) is 5.41 Å². The minimum absolute atomic E-state index is 0.0184. The number of benzene rings is 1. The molecule has 0 amide bonds. The molecule has 1 aromatic carbocycles. The highest BCUT2D eigenvalue weighted by Crippen LogP contribution is 2.41. The summed E-state index contributed by atoms with van der Waals surface area (Å²) in [6.45, 7) is 4.08. The highest BCUT2D eigenvalue weighted by atomic mass is 19.3. The summed E-state index contributed by atoms with van der Waals surface area (Å²) in [6, 6.07) is 6.15. The molecule has 0 bridgehead atoms. The van der Waals surface area contributed by atoms with Gasteiger partial charge in [0.25, 0.3) is 6.43 Å². The fraction of sp³-hybridized carbons (Fsp3) is 0.400. The Bertz CT molecular complexity index is 884. The Balaban J connectivity index is 2.03. The van der Waals surface area contributed by atoms with Crippen LogP contribution in [-0.4, -0.2) is 33.9 Å². The third-order valence-electron chi connectivity index (χ3n) is 5.21. The first-order valence-corrected chi connectivity index (χ1v) is 8.67. The number of aliphatic hydroxyl groups excluding tert-OH is 1. The second kappa shape index (κ2) is 7.12. The van der Waals surface area contributed by atoms with Gasteiger partial charge in [-0.1, -0.05) is 13.8 Å². The van der Waals surface area contributed by atoms with Gasteiger partial charge in [-0.05, 0) is 36.1 Å². The summed E-state index contributed by atoms with van der Waals surface area (Å²) < 4.78 is 28.4. The Hall–Kier alpha value is -2.72. The zero-order valence-corrected chi connectivity index (χ0v) is 15.5. The van der Waals surface area contributed by atoms with Gasteiger partial charge in [-0.3, -0.25) is 0 Å². The molecule has 0 saturated carbocycles. The lowest BCUT2D eigenvalue weighted by Crippen LogP contribution is -2.47. The summed E-state index contributed by atoms with van der Waals surface area (Å²) in [5, 5.41) is 19.6. The van der Waals surface area contributed by atoms with Crippen molar-refractivity contribution in [3.63, 3.8) is 0 Å². The van der Waals surface area contributed by atoms with E-state index in [1.165, 1.54) is 12.1 Å². The molecule has 0 aliphatic heterocycles. The number of nitriles is 1. The molecular weight excluding hydrogens is 350 g/mol. The van der Waals surface area contributed by atoms with E-state index in [9.17, 15) is 13.9 Å². The molecule has 1 heterocycles. The van der Waals surface area contributed by atoms with Crippen molar-refractivity contribution in [1.29, 1.82) is 5.26 Å². The van der Waals surface area contributed by atoms with Crippen LogP contribution in [0.25, 0.3) is 5.70 Å². The summed E-state index contributed by atoms with van der Waals surface area (Å²) in [6.07, 6.45) is 4.15. The molecule has 1 N–H and O–H groups in total. The minimum Gasteiger partial charge on any atom is -0.387 e. The number of hydrogen-bond acceptors (Lipinski definition) is 4. The van der Waals surface area contributed by atoms with Crippen molar-refractivity contribution in [3.05, 3.63) is 54.1 Å². The van der Waals surface area contributed by atoms with Crippen LogP contribution in [0.3, 0.4) is 0 Å². The molecule has 142 valence electrons. The molecule has 0 spiro atoms. The number of nitrogens with zero attached hydrogens (tertiary/aromatic N) is 4. The summed E-state index contributed by atoms with van der Waals surface area (Å²) in [5.41, 5.74) is 0.729. The molecule has 7 heteroatoms. The molecule has 5 nitrogen and oxygen atoms in total. The van der Waals surface area contributed by atoms with Crippen molar-refractivity contribution in [3.8, 4) is 6.07 Å². The average Bonchev–Trinajstić information content (AvgIpc) is 3.14. The molecule has 0 fully saturated rings.